The van der Waals surface area contributed by atoms with Crippen LogP contribution in [0.2, 0.25) is 0 Å². The fraction of sp³-hybridized carbons (Fsp3) is 0.294. The first-order valence-corrected chi connectivity index (χ1v) is 9.35. The largest absolute Gasteiger partial charge is 0.293 e. The Morgan fingerprint density at radius 3 is 2.54 bits per heavy atom. The summed E-state index contributed by atoms with van der Waals surface area (Å²) >= 11 is 3.02. The number of thioether (sulfide) groups is 1. The van der Waals surface area contributed by atoms with Crippen LogP contribution in [-0.2, 0) is 0 Å². The number of hydrogen-bond donors (Lipinski definition) is 0. The van der Waals surface area contributed by atoms with Crippen molar-refractivity contribution in [2.45, 2.75) is 32.9 Å². The summed E-state index contributed by atoms with van der Waals surface area (Å²) in [5, 5.41) is 12.6. The van der Waals surface area contributed by atoms with Crippen molar-refractivity contribution < 1.29 is 4.79 Å². The quantitative estimate of drug-likeness (QED) is 0.511. The number of carbonyl (C=O) groups is 1. The van der Waals surface area contributed by atoms with Crippen LogP contribution >= 0.6 is 23.1 Å². The lowest BCUT2D eigenvalue weighted by Gasteiger charge is -2.10. The van der Waals surface area contributed by atoms with E-state index < -0.39 is 0 Å². The Kier molecular flexibility index (Phi) is 4.82. The monoisotopic (exact) mass is 358 g/mol. The van der Waals surface area contributed by atoms with Gasteiger partial charge >= 0.3 is 0 Å². The van der Waals surface area contributed by atoms with Crippen LogP contribution in [0.25, 0.3) is 5.69 Å². The van der Waals surface area contributed by atoms with Crippen LogP contribution in [0.1, 0.15) is 31.2 Å². The highest BCUT2D eigenvalue weighted by atomic mass is 32.2. The molecule has 0 aliphatic carbocycles. The average molecular weight is 358 g/mol. The molecule has 2 heterocycles. The van der Waals surface area contributed by atoms with Gasteiger partial charge in [0.25, 0.3) is 0 Å². The normalized spacial score (nSPS) is 11.0. The average Bonchev–Trinajstić information content (AvgIpc) is 3.11. The highest BCUT2D eigenvalue weighted by Gasteiger charge is 2.17. The number of thiophene rings is 1. The Bertz CT molecular complexity index is 878. The molecule has 0 amide bonds. The van der Waals surface area contributed by atoms with Gasteiger partial charge in [-0.25, -0.2) is 0 Å². The molecule has 0 saturated carbocycles. The summed E-state index contributed by atoms with van der Waals surface area (Å²) in [6, 6.07) is 8.02. The van der Waals surface area contributed by atoms with Crippen molar-refractivity contribution >= 4 is 28.9 Å². The molecule has 1 aromatic carbocycles. The number of para-hydroxylation sites is 1. The van der Waals surface area contributed by atoms with Gasteiger partial charge in [0.15, 0.2) is 5.78 Å². The Morgan fingerprint density at radius 2 is 1.92 bits per heavy atom. The number of benzene rings is 1. The fourth-order valence-electron chi connectivity index (χ4n) is 2.66. The van der Waals surface area contributed by atoms with Crippen molar-refractivity contribution in [3.8, 4) is 5.69 Å². The van der Waals surface area contributed by atoms with Crippen LogP contribution in [0.5, 0.6) is 0 Å². The summed E-state index contributed by atoms with van der Waals surface area (Å²) in [5.41, 5.74) is 3.97. The lowest BCUT2D eigenvalue weighted by molar-refractivity contribution is 0.102. The van der Waals surface area contributed by atoms with Crippen molar-refractivity contribution in [1.82, 2.24) is 20.2 Å². The molecule has 0 unspecified atom stereocenters. The lowest BCUT2D eigenvalue weighted by atomic mass is 10.1. The Morgan fingerprint density at radius 1 is 1.21 bits per heavy atom. The first-order chi connectivity index (χ1) is 11.5. The summed E-state index contributed by atoms with van der Waals surface area (Å²) in [5.74, 6) is 0.431. The van der Waals surface area contributed by atoms with Gasteiger partial charge in [0, 0.05) is 15.3 Å². The van der Waals surface area contributed by atoms with E-state index in [2.05, 4.69) is 15.5 Å². The number of aryl methyl sites for hydroxylation is 4. The molecule has 0 saturated heterocycles. The van der Waals surface area contributed by atoms with Crippen LogP contribution < -0.4 is 0 Å². The fourth-order valence-corrected chi connectivity index (χ4v) is 4.37. The summed E-state index contributed by atoms with van der Waals surface area (Å²) in [6.07, 6.45) is 0. The highest BCUT2D eigenvalue weighted by Crippen LogP contribution is 2.26. The van der Waals surface area contributed by atoms with Gasteiger partial charge in [-0.3, -0.25) is 4.79 Å². The van der Waals surface area contributed by atoms with E-state index in [9.17, 15) is 4.79 Å². The maximum Gasteiger partial charge on any atom is 0.214 e. The molecule has 124 valence electrons. The zero-order valence-corrected chi connectivity index (χ0v) is 15.7. The number of carbonyl (C=O) groups excluding carboxylic acids is 1. The second kappa shape index (κ2) is 6.86. The molecule has 0 bridgehead atoms. The Hall–Kier alpha value is -1.99. The summed E-state index contributed by atoms with van der Waals surface area (Å²) in [7, 11) is 0. The van der Waals surface area contributed by atoms with E-state index in [1.54, 1.807) is 16.0 Å². The smallest absolute Gasteiger partial charge is 0.214 e. The second-order valence-corrected chi connectivity index (χ2v) is 8.06. The minimum atomic E-state index is 0.109. The third-order valence-electron chi connectivity index (χ3n) is 3.77. The van der Waals surface area contributed by atoms with Crippen LogP contribution in [0, 0.1) is 27.7 Å². The van der Waals surface area contributed by atoms with Crippen molar-refractivity contribution in [2.24, 2.45) is 0 Å². The molecular formula is C17H18N4OS2. The van der Waals surface area contributed by atoms with Crippen molar-refractivity contribution in [3.05, 3.63) is 50.7 Å². The van der Waals surface area contributed by atoms with Crippen molar-refractivity contribution in [3.63, 3.8) is 0 Å². The van der Waals surface area contributed by atoms with E-state index in [0.29, 0.717) is 10.9 Å². The van der Waals surface area contributed by atoms with Gasteiger partial charge in [0.05, 0.1) is 11.4 Å². The Balaban J connectivity index is 1.82. The third-order valence-corrected chi connectivity index (χ3v) is 5.65. The van der Waals surface area contributed by atoms with Crippen LogP contribution in [-0.4, -0.2) is 31.7 Å². The van der Waals surface area contributed by atoms with E-state index in [4.69, 9.17) is 0 Å². The molecule has 0 fully saturated rings. The molecule has 5 nitrogen and oxygen atoms in total. The topological polar surface area (TPSA) is 60.7 Å². The Labute approximate surface area is 149 Å². The first kappa shape index (κ1) is 16.9. The number of ketones is 1. The first-order valence-electron chi connectivity index (χ1n) is 7.55. The van der Waals surface area contributed by atoms with E-state index in [1.165, 1.54) is 11.8 Å². The van der Waals surface area contributed by atoms with Gasteiger partial charge in [-0.1, -0.05) is 30.0 Å². The van der Waals surface area contributed by atoms with Crippen LogP contribution in [0.4, 0.5) is 0 Å². The zero-order chi connectivity index (χ0) is 17.3. The summed E-state index contributed by atoms with van der Waals surface area (Å²) < 4.78 is 1.72. The molecule has 3 aromatic rings. The molecule has 0 N–H and O–H groups in total. The van der Waals surface area contributed by atoms with Gasteiger partial charge < -0.3 is 0 Å². The lowest BCUT2D eigenvalue weighted by Crippen LogP contribution is -2.07. The van der Waals surface area contributed by atoms with Gasteiger partial charge in [0.1, 0.15) is 0 Å². The molecule has 24 heavy (non-hydrogen) atoms. The molecule has 2 aromatic heterocycles. The second-order valence-electron chi connectivity index (χ2n) is 5.65. The van der Waals surface area contributed by atoms with E-state index in [0.717, 1.165) is 32.1 Å². The summed E-state index contributed by atoms with van der Waals surface area (Å²) in [6.45, 7) is 8.06. The van der Waals surface area contributed by atoms with Crippen LogP contribution in [0.3, 0.4) is 0 Å². The number of aromatic nitrogens is 4. The molecule has 0 aliphatic rings. The van der Waals surface area contributed by atoms with Gasteiger partial charge in [-0.15, -0.1) is 16.4 Å². The van der Waals surface area contributed by atoms with E-state index >= 15 is 0 Å². The molecule has 0 atom stereocenters. The van der Waals surface area contributed by atoms with E-state index in [1.807, 2.05) is 52.0 Å². The number of tetrazole rings is 1. The zero-order valence-electron chi connectivity index (χ0n) is 14.0. The van der Waals surface area contributed by atoms with Crippen molar-refractivity contribution in [2.75, 3.05) is 5.75 Å². The molecular weight excluding hydrogens is 340 g/mol. The number of Topliss-reactive ketones (excluding diaryl/α,β-unsaturated/α-hetero) is 1. The predicted octanol–water partition coefficient (Wildman–Crippen LogP) is 3.93. The highest BCUT2D eigenvalue weighted by molar-refractivity contribution is 7.99. The van der Waals surface area contributed by atoms with Crippen molar-refractivity contribution in [1.29, 1.82) is 0 Å². The van der Waals surface area contributed by atoms with E-state index in [-0.39, 0.29) is 5.78 Å². The molecule has 0 radical (unpaired) electrons. The summed E-state index contributed by atoms with van der Waals surface area (Å²) in [4.78, 5) is 14.7. The maximum atomic E-state index is 12.5. The van der Waals surface area contributed by atoms with Crippen LogP contribution in [0.15, 0.2) is 29.4 Å². The third kappa shape index (κ3) is 3.27. The maximum absolute atomic E-state index is 12.5. The SMILES string of the molecule is Cc1cc(C(=O)CSc2nnnn2-c2c(C)cccc2C)c(C)s1. The minimum absolute atomic E-state index is 0.109. The number of nitrogens with zero attached hydrogens (tertiary/aromatic N) is 4. The predicted molar refractivity (Wildman–Crippen MR) is 97.5 cm³/mol. The van der Waals surface area contributed by atoms with Gasteiger partial charge in [-0.2, -0.15) is 4.68 Å². The van der Waals surface area contributed by atoms with Gasteiger partial charge in [-0.05, 0) is 55.3 Å². The molecule has 3 rings (SSSR count). The number of hydrogen-bond acceptors (Lipinski definition) is 6. The molecule has 7 heteroatoms. The molecule has 0 aliphatic heterocycles. The molecule has 0 spiro atoms. The standard InChI is InChI=1S/C17H18N4OS2/c1-10-6-5-7-11(2)16(10)21-17(18-19-20-21)23-9-15(22)14-8-12(3)24-13(14)4/h5-8H,9H2,1-4H3. The number of rotatable bonds is 5. The van der Waals surface area contributed by atoms with Gasteiger partial charge in [0.2, 0.25) is 5.16 Å². The minimum Gasteiger partial charge on any atom is -0.293 e.